The van der Waals surface area contributed by atoms with Crippen LogP contribution in [0.3, 0.4) is 0 Å². The molecule has 2 aromatic carbocycles. The molecule has 2 aromatic rings. The van der Waals surface area contributed by atoms with Crippen LogP contribution < -0.4 is 4.74 Å². The Bertz CT molecular complexity index is 660. The van der Waals surface area contributed by atoms with Crippen molar-refractivity contribution in [3.8, 4) is 5.75 Å². The molecule has 1 fully saturated rings. The predicted octanol–water partition coefficient (Wildman–Crippen LogP) is 3.20. The van der Waals surface area contributed by atoms with Crippen LogP contribution in [0.1, 0.15) is 24.0 Å². The molecule has 0 aliphatic carbocycles. The van der Waals surface area contributed by atoms with Crippen molar-refractivity contribution in [2.75, 3.05) is 39.9 Å². The number of aliphatic hydroxyl groups is 1. The summed E-state index contributed by atoms with van der Waals surface area (Å²) in [5, 5.41) is 8.84. The Labute approximate surface area is 163 Å². The van der Waals surface area contributed by atoms with E-state index in [2.05, 4.69) is 59.3 Å². The van der Waals surface area contributed by atoms with E-state index < -0.39 is 0 Å². The van der Waals surface area contributed by atoms with Crippen LogP contribution in [0.25, 0.3) is 0 Å². The number of likely N-dealkylation sites (N-methyl/N-ethyl adjacent to an activating group) is 1. The third-order valence-electron chi connectivity index (χ3n) is 5.39. The first-order valence-corrected chi connectivity index (χ1v) is 10.0. The van der Waals surface area contributed by atoms with Crippen molar-refractivity contribution in [2.45, 2.75) is 31.8 Å². The van der Waals surface area contributed by atoms with E-state index in [4.69, 9.17) is 9.84 Å². The zero-order valence-corrected chi connectivity index (χ0v) is 16.4. The lowest BCUT2D eigenvalue weighted by Gasteiger charge is -2.37. The molecule has 1 saturated heterocycles. The SMILES string of the molecule is CN(CCc1ccccc1)[C@@H]1CCCN(Cc2ccc(OCCO)cc2)C1. The van der Waals surface area contributed by atoms with E-state index in [-0.39, 0.29) is 6.61 Å². The molecular formula is C23H32N2O2. The van der Waals surface area contributed by atoms with Gasteiger partial charge in [-0.2, -0.15) is 0 Å². The van der Waals surface area contributed by atoms with E-state index >= 15 is 0 Å². The molecule has 1 N–H and O–H groups in total. The van der Waals surface area contributed by atoms with Gasteiger partial charge in [0.1, 0.15) is 12.4 Å². The topological polar surface area (TPSA) is 35.9 Å². The number of rotatable bonds is 9. The molecule has 27 heavy (non-hydrogen) atoms. The molecule has 4 heteroatoms. The lowest BCUT2D eigenvalue weighted by atomic mass is 10.0. The Balaban J connectivity index is 1.47. The molecule has 1 atom stereocenters. The van der Waals surface area contributed by atoms with Gasteiger partial charge in [-0.05, 0) is 56.1 Å². The molecule has 146 valence electrons. The van der Waals surface area contributed by atoms with Gasteiger partial charge in [0.2, 0.25) is 0 Å². The summed E-state index contributed by atoms with van der Waals surface area (Å²) in [7, 11) is 2.27. The Kier molecular flexibility index (Phi) is 7.69. The molecule has 0 aromatic heterocycles. The van der Waals surface area contributed by atoms with Crippen LogP contribution in [0.2, 0.25) is 0 Å². The summed E-state index contributed by atoms with van der Waals surface area (Å²) >= 11 is 0. The van der Waals surface area contributed by atoms with Crippen LogP contribution in [0.4, 0.5) is 0 Å². The summed E-state index contributed by atoms with van der Waals surface area (Å²) in [6.07, 6.45) is 3.66. The van der Waals surface area contributed by atoms with Gasteiger partial charge in [0.25, 0.3) is 0 Å². The first kappa shape index (κ1) is 19.9. The summed E-state index contributed by atoms with van der Waals surface area (Å²) < 4.78 is 5.44. The Morgan fingerprint density at radius 1 is 1.07 bits per heavy atom. The maximum Gasteiger partial charge on any atom is 0.119 e. The number of hydrogen-bond donors (Lipinski definition) is 1. The molecule has 1 aliphatic heterocycles. The van der Waals surface area contributed by atoms with Crippen molar-refractivity contribution in [3.63, 3.8) is 0 Å². The number of nitrogens with zero attached hydrogens (tertiary/aromatic N) is 2. The smallest absolute Gasteiger partial charge is 0.119 e. The van der Waals surface area contributed by atoms with Gasteiger partial charge in [0, 0.05) is 25.7 Å². The van der Waals surface area contributed by atoms with Crippen molar-refractivity contribution in [1.29, 1.82) is 0 Å². The highest BCUT2D eigenvalue weighted by molar-refractivity contribution is 5.27. The standard InChI is InChI=1S/C23H32N2O2/c1-24(15-13-20-6-3-2-4-7-20)22-8-5-14-25(19-22)18-21-9-11-23(12-10-21)27-17-16-26/h2-4,6-7,9-12,22,26H,5,8,13-19H2,1H3/t22-/m1/s1. The van der Waals surface area contributed by atoms with Crippen LogP contribution in [-0.2, 0) is 13.0 Å². The van der Waals surface area contributed by atoms with E-state index in [1.54, 1.807) is 0 Å². The lowest BCUT2D eigenvalue weighted by Crippen LogP contribution is -2.46. The average molecular weight is 369 g/mol. The first-order valence-electron chi connectivity index (χ1n) is 10.0. The van der Waals surface area contributed by atoms with Crippen LogP contribution in [-0.4, -0.2) is 60.8 Å². The van der Waals surface area contributed by atoms with Crippen molar-refractivity contribution in [2.24, 2.45) is 0 Å². The quantitative estimate of drug-likeness (QED) is 0.737. The Morgan fingerprint density at radius 3 is 2.59 bits per heavy atom. The molecule has 0 saturated carbocycles. The number of ether oxygens (including phenoxy) is 1. The molecule has 0 radical (unpaired) electrons. The van der Waals surface area contributed by atoms with Gasteiger partial charge in [-0.25, -0.2) is 0 Å². The summed E-state index contributed by atoms with van der Waals surface area (Å²) in [4.78, 5) is 5.10. The van der Waals surface area contributed by atoms with Gasteiger partial charge in [-0.3, -0.25) is 4.90 Å². The van der Waals surface area contributed by atoms with Crippen LogP contribution in [0.15, 0.2) is 54.6 Å². The molecule has 4 nitrogen and oxygen atoms in total. The van der Waals surface area contributed by atoms with E-state index in [9.17, 15) is 0 Å². The fraction of sp³-hybridized carbons (Fsp3) is 0.478. The maximum absolute atomic E-state index is 8.84. The zero-order chi connectivity index (χ0) is 18.9. The molecule has 0 spiro atoms. The number of likely N-dealkylation sites (tertiary alicyclic amines) is 1. The van der Waals surface area contributed by atoms with Gasteiger partial charge in [0.05, 0.1) is 6.61 Å². The van der Waals surface area contributed by atoms with Gasteiger partial charge in [-0.1, -0.05) is 42.5 Å². The molecular weight excluding hydrogens is 336 g/mol. The third-order valence-corrected chi connectivity index (χ3v) is 5.39. The first-order chi connectivity index (χ1) is 13.2. The van der Waals surface area contributed by atoms with E-state index in [1.165, 1.54) is 30.5 Å². The van der Waals surface area contributed by atoms with Crippen molar-refractivity contribution < 1.29 is 9.84 Å². The zero-order valence-electron chi connectivity index (χ0n) is 16.4. The highest BCUT2D eigenvalue weighted by atomic mass is 16.5. The molecule has 3 rings (SSSR count). The van der Waals surface area contributed by atoms with Crippen molar-refractivity contribution in [1.82, 2.24) is 9.80 Å². The fourth-order valence-corrected chi connectivity index (χ4v) is 3.78. The number of aliphatic hydroxyl groups excluding tert-OH is 1. The van der Waals surface area contributed by atoms with Crippen molar-refractivity contribution in [3.05, 3.63) is 65.7 Å². The molecule has 0 unspecified atom stereocenters. The predicted molar refractivity (Wildman–Crippen MR) is 110 cm³/mol. The summed E-state index contributed by atoms with van der Waals surface area (Å²) in [6.45, 7) is 4.81. The highest BCUT2D eigenvalue weighted by Crippen LogP contribution is 2.19. The molecule has 0 bridgehead atoms. The third kappa shape index (κ3) is 6.35. The minimum Gasteiger partial charge on any atom is -0.491 e. The average Bonchev–Trinajstić information content (AvgIpc) is 2.72. The van der Waals surface area contributed by atoms with E-state index in [0.717, 1.165) is 31.8 Å². The second-order valence-corrected chi connectivity index (χ2v) is 7.46. The normalized spacial score (nSPS) is 18.0. The van der Waals surface area contributed by atoms with Crippen LogP contribution in [0, 0.1) is 0 Å². The second-order valence-electron chi connectivity index (χ2n) is 7.46. The summed E-state index contributed by atoms with van der Waals surface area (Å²) in [5.41, 5.74) is 2.74. The Morgan fingerprint density at radius 2 is 1.85 bits per heavy atom. The summed E-state index contributed by atoms with van der Waals surface area (Å²) in [6, 6.07) is 19.7. The van der Waals surface area contributed by atoms with Gasteiger partial charge >= 0.3 is 0 Å². The Hall–Kier alpha value is -1.88. The fourth-order valence-electron chi connectivity index (χ4n) is 3.78. The number of piperidine rings is 1. The van der Waals surface area contributed by atoms with Crippen LogP contribution >= 0.6 is 0 Å². The summed E-state index contributed by atoms with van der Waals surface area (Å²) in [5.74, 6) is 0.824. The lowest BCUT2D eigenvalue weighted by molar-refractivity contribution is 0.112. The van der Waals surface area contributed by atoms with Gasteiger partial charge in [0.15, 0.2) is 0 Å². The van der Waals surface area contributed by atoms with Gasteiger partial charge in [-0.15, -0.1) is 0 Å². The molecule has 1 heterocycles. The minimum atomic E-state index is 0.0503. The monoisotopic (exact) mass is 368 g/mol. The highest BCUT2D eigenvalue weighted by Gasteiger charge is 2.23. The maximum atomic E-state index is 8.84. The van der Waals surface area contributed by atoms with Gasteiger partial charge < -0.3 is 14.7 Å². The second kappa shape index (κ2) is 10.5. The molecule has 1 aliphatic rings. The number of hydrogen-bond acceptors (Lipinski definition) is 4. The van der Waals surface area contributed by atoms with Crippen LogP contribution in [0.5, 0.6) is 5.75 Å². The van der Waals surface area contributed by atoms with E-state index in [1.807, 2.05) is 12.1 Å². The number of benzene rings is 2. The minimum absolute atomic E-state index is 0.0503. The molecule has 0 amide bonds. The van der Waals surface area contributed by atoms with E-state index in [0.29, 0.717) is 12.6 Å². The largest absolute Gasteiger partial charge is 0.491 e. The van der Waals surface area contributed by atoms with Crippen molar-refractivity contribution >= 4 is 0 Å².